The van der Waals surface area contributed by atoms with E-state index in [4.69, 9.17) is 14.4 Å². The minimum Gasteiger partial charge on any atom is -0.480 e. The first kappa shape index (κ1) is 15.9. The van der Waals surface area contributed by atoms with E-state index < -0.39 is 18.0 Å². The maximum Gasteiger partial charge on any atom is 0.326 e. The van der Waals surface area contributed by atoms with Gasteiger partial charge in [0.05, 0.1) is 0 Å². The third kappa shape index (κ3) is 5.65. The second kappa shape index (κ2) is 8.10. The SMILES string of the molecule is COCCC(NC(=O)NCCc1noc(C)n1)C(=O)O. The van der Waals surface area contributed by atoms with Gasteiger partial charge in [-0.15, -0.1) is 0 Å². The van der Waals surface area contributed by atoms with Gasteiger partial charge in [0.1, 0.15) is 6.04 Å². The van der Waals surface area contributed by atoms with Gasteiger partial charge in [-0.25, -0.2) is 9.59 Å². The molecule has 1 heterocycles. The number of carboxylic acids is 1. The quantitative estimate of drug-likeness (QED) is 0.599. The van der Waals surface area contributed by atoms with Crippen molar-refractivity contribution in [1.82, 2.24) is 20.8 Å². The van der Waals surface area contributed by atoms with Crippen LogP contribution in [0.2, 0.25) is 0 Å². The molecule has 0 spiro atoms. The molecule has 3 N–H and O–H groups in total. The van der Waals surface area contributed by atoms with Crippen LogP contribution < -0.4 is 10.6 Å². The normalized spacial score (nSPS) is 11.9. The molecule has 0 saturated heterocycles. The zero-order valence-electron chi connectivity index (χ0n) is 11.4. The molecule has 0 radical (unpaired) electrons. The van der Waals surface area contributed by atoms with Gasteiger partial charge in [-0.3, -0.25) is 0 Å². The number of hydrogen-bond donors (Lipinski definition) is 3. The lowest BCUT2D eigenvalue weighted by atomic mass is 10.2. The number of carbonyl (C=O) groups is 2. The fourth-order valence-electron chi connectivity index (χ4n) is 1.43. The Bertz CT molecular complexity index is 448. The van der Waals surface area contributed by atoms with Crippen molar-refractivity contribution in [2.45, 2.75) is 25.8 Å². The highest BCUT2D eigenvalue weighted by Gasteiger charge is 2.19. The summed E-state index contributed by atoms with van der Waals surface area (Å²) >= 11 is 0. The van der Waals surface area contributed by atoms with Crippen molar-refractivity contribution in [3.8, 4) is 0 Å². The van der Waals surface area contributed by atoms with Gasteiger partial charge in [0.2, 0.25) is 5.89 Å². The Kier molecular flexibility index (Phi) is 6.44. The number of aromatic nitrogens is 2. The molecule has 0 aliphatic carbocycles. The van der Waals surface area contributed by atoms with Crippen LogP contribution in [0.1, 0.15) is 18.1 Å². The first-order valence-corrected chi connectivity index (χ1v) is 6.08. The monoisotopic (exact) mass is 286 g/mol. The van der Waals surface area contributed by atoms with Gasteiger partial charge in [-0.1, -0.05) is 5.16 Å². The van der Waals surface area contributed by atoms with E-state index in [9.17, 15) is 9.59 Å². The number of hydrogen-bond acceptors (Lipinski definition) is 6. The molecule has 1 aromatic heterocycles. The number of methoxy groups -OCH3 is 1. The van der Waals surface area contributed by atoms with Crippen LogP contribution >= 0.6 is 0 Å². The Balaban J connectivity index is 2.28. The van der Waals surface area contributed by atoms with E-state index >= 15 is 0 Å². The maximum atomic E-state index is 11.5. The predicted octanol–water partition coefficient (Wildman–Crippen LogP) is -0.291. The first-order chi connectivity index (χ1) is 9.52. The number of nitrogens with zero attached hydrogens (tertiary/aromatic N) is 2. The summed E-state index contributed by atoms with van der Waals surface area (Å²) in [6.07, 6.45) is 0.601. The van der Waals surface area contributed by atoms with Gasteiger partial charge < -0.3 is 25.0 Å². The van der Waals surface area contributed by atoms with Crippen LogP contribution in [0.4, 0.5) is 4.79 Å². The van der Waals surface area contributed by atoms with Crippen LogP contribution in [0.3, 0.4) is 0 Å². The number of ether oxygens (including phenoxy) is 1. The third-order valence-electron chi connectivity index (χ3n) is 2.42. The van der Waals surface area contributed by atoms with E-state index in [-0.39, 0.29) is 19.6 Å². The van der Waals surface area contributed by atoms with Gasteiger partial charge in [0, 0.05) is 40.0 Å². The summed E-state index contributed by atoms with van der Waals surface area (Å²) in [5.74, 6) is -0.169. The van der Waals surface area contributed by atoms with Crippen LogP contribution in [-0.4, -0.2) is 53.6 Å². The van der Waals surface area contributed by atoms with Crippen LogP contribution in [0, 0.1) is 6.92 Å². The molecule has 112 valence electrons. The van der Waals surface area contributed by atoms with Gasteiger partial charge in [-0.05, 0) is 0 Å². The zero-order valence-corrected chi connectivity index (χ0v) is 11.4. The van der Waals surface area contributed by atoms with Crippen LogP contribution in [-0.2, 0) is 16.0 Å². The molecule has 0 fully saturated rings. The minimum absolute atomic E-state index is 0.198. The number of urea groups is 1. The molecule has 20 heavy (non-hydrogen) atoms. The fourth-order valence-corrected chi connectivity index (χ4v) is 1.43. The van der Waals surface area contributed by atoms with E-state index in [1.807, 2.05) is 0 Å². The summed E-state index contributed by atoms with van der Waals surface area (Å²) in [5.41, 5.74) is 0. The standard InChI is InChI=1S/C11H18N4O5/c1-7-13-9(15-20-7)3-5-12-11(18)14-8(10(16)17)4-6-19-2/h8H,3-6H2,1-2H3,(H,16,17)(H2,12,14,18). The van der Waals surface area contributed by atoms with Crippen molar-refractivity contribution >= 4 is 12.0 Å². The molecule has 1 atom stereocenters. The van der Waals surface area contributed by atoms with Crippen LogP contribution in [0.5, 0.6) is 0 Å². The lowest BCUT2D eigenvalue weighted by molar-refractivity contribution is -0.139. The summed E-state index contributed by atoms with van der Waals surface area (Å²) in [6, 6.07) is -1.55. The second-order valence-electron chi connectivity index (χ2n) is 4.05. The highest BCUT2D eigenvalue weighted by Crippen LogP contribution is 1.95. The molecule has 0 aliphatic heterocycles. The molecule has 0 aromatic carbocycles. The molecule has 0 bridgehead atoms. The smallest absolute Gasteiger partial charge is 0.326 e. The Morgan fingerprint density at radius 3 is 2.80 bits per heavy atom. The molecule has 1 unspecified atom stereocenters. The topological polar surface area (TPSA) is 127 Å². The molecule has 9 nitrogen and oxygen atoms in total. The van der Waals surface area contributed by atoms with Crippen molar-refractivity contribution < 1.29 is 24.0 Å². The van der Waals surface area contributed by atoms with E-state index in [0.717, 1.165) is 0 Å². The van der Waals surface area contributed by atoms with Gasteiger partial charge >= 0.3 is 12.0 Å². The molecular weight excluding hydrogens is 268 g/mol. The van der Waals surface area contributed by atoms with Crippen molar-refractivity contribution in [2.75, 3.05) is 20.3 Å². The van der Waals surface area contributed by atoms with Gasteiger partial charge in [0.15, 0.2) is 5.82 Å². The van der Waals surface area contributed by atoms with Crippen molar-refractivity contribution in [3.05, 3.63) is 11.7 Å². The summed E-state index contributed by atoms with van der Waals surface area (Å²) in [5, 5.41) is 17.5. The van der Waals surface area contributed by atoms with Crippen molar-refractivity contribution in [1.29, 1.82) is 0 Å². The Morgan fingerprint density at radius 1 is 1.50 bits per heavy atom. The summed E-state index contributed by atoms with van der Waals surface area (Å²) in [4.78, 5) is 26.4. The van der Waals surface area contributed by atoms with E-state index in [1.165, 1.54) is 7.11 Å². The lowest BCUT2D eigenvalue weighted by Gasteiger charge is -2.14. The molecular formula is C11H18N4O5. The van der Waals surface area contributed by atoms with E-state index in [2.05, 4.69) is 20.8 Å². The number of amides is 2. The first-order valence-electron chi connectivity index (χ1n) is 6.08. The zero-order chi connectivity index (χ0) is 15.0. The number of carboxylic acid groups (broad SMARTS) is 1. The average molecular weight is 286 g/mol. The minimum atomic E-state index is -1.11. The van der Waals surface area contributed by atoms with E-state index in [1.54, 1.807) is 6.92 Å². The number of rotatable bonds is 8. The predicted molar refractivity (Wildman–Crippen MR) is 67.2 cm³/mol. The lowest BCUT2D eigenvalue weighted by Crippen LogP contribution is -2.46. The number of nitrogens with one attached hydrogen (secondary N) is 2. The van der Waals surface area contributed by atoms with Crippen LogP contribution in [0.25, 0.3) is 0 Å². The third-order valence-corrected chi connectivity index (χ3v) is 2.42. The number of aryl methyl sites for hydroxylation is 1. The fraction of sp³-hybridized carbons (Fsp3) is 0.636. The average Bonchev–Trinajstić information content (AvgIpc) is 2.80. The molecule has 0 aliphatic rings. The number of aliphatic carboxylic acids is 1. The Morgan fingerprint density at radius 2 is 2.25 bits per heavy atom. The second-order valence-corrected chi connectivity index (χ2v) is 4.05. The molecule has 2 amide bonds. The number of carbonyl (C=O) groups excluding carboxylic acids is 1. The van der Waals surface area contributed by atoms with E-state index in [0.29, 0.717) is 18.1 Å². The maximum absolute atomic E-state index is 11.5. The molecule has 9 heteroatoms. The Labute approximate surface area is 115 Å². The highest BCUT2D eigenvalue weighted by atomic mass is 16.5. The van der Waals surface area contributed by atoms with Crippen molar-refractivity contribution in [2.24, 2.45) is 0 Å². The summed E-state index contributed by atoms with van der Waals surface area (Å²) in [7, 11) is 1.46. The highest BCUT2D eigenvalue weighted by molar-refractivity contribution is 5.82. The largest absolute Gasteiger partial charge is 0.480 e. The Hall–Kier alpha value is -2.16. The molecule has 1 aromatic rings. The van der Waals surface area contributed by atoms with Gasteiger partial charge in [-0.2, -0.15) is 4.98 Å². The summed E-state index contributed by atoms with van der Waals surface area (Å²) < 4.78 is 9.56. The van der Waals surface area contributed by atoms with Crippen LogP contribution in [0.15, 0.2) is 4.52 Å². The summed E-state index contributed by atoms with van der Waals surface area (Å²) in [6.45, 7) is 2.20. The molecule has 1 rings (SSSR count). The van der Waals surface area contributed by atoms with Crippen molar-refractivity contribution in [3.63, 3.8) is 0 Å². The molecule has 0 saturated carbocycles. The van der Waals surface area contributed by atoms with Gasteiger partial charge in [0.25, 0.3) is 0 Å².